The largest absolute Gasteiger partial charge is 0.464 e. The van der Waals surface area contributed by atoms with Gasteiger partial charge in [-0.25, -0.2) is 0 Å². The zero-order chi connectivity index (χ0) is 13.8. The van der Waals surface area contributed by atoms with Crippen LogP contribution in [0.3, 0.4) is 0 Å². The number of nitrogens with zero attached hydrogens (tertiary/aromatic N) is 4. The maximum Gasteiger partial charge on any atom is 0.323 e. The van der Waals surface area contributed by atoms with Gasteiger partial charge in [-0.05, 0) is 34.9 Å². The lowest BCUT2D eigenvalue weighted by atomic mass is 10.1. The van der Waals surface area contributed by atoms with Gasteiger partial charge in [0.05, 0.1) is 6.61 Å². The highest BCUT2D eigenvalue weighted by molar-refractivity contribution is 5.33. The number of hydrogen-bond acceptors (Lipinski definition) is 7. The minimum atomic E-state index is -0.0207. The monoisotopic (exact) mass is 254 g/mol. The standard InChI is InChI=1S/C11H22N6O/c1-6-18-10-15-8(12)14-9(16-10)13-7-11(2,3)17(4)5/h6-7H2,1-5H3,(H3,12,13,14,15,16). The summed E-state index contributed by atoms with van der Waals surface area (Å²) in [6, 6.07) is 0.246. The van der Waals surface area contributed by atoms with Crippen molar-refractivity contribution in [2.24, 2.45) is 0 Å². The number of likely N-dealkylation sites (N-methyl/N-ethyl adjacent to an activating group) is 1. The van der Waals surface area contributed by atoms with Crippen LogP contribution in [0.25, 0.3) is 0 Å². The van der Waals surface area contributed by atoms with E-state index in [1.165, 1.54) is 0 Å². The van der Waals surface area contributed by atoms with Gasteiger partial charge < -0.3 is 20.7 Å². The number of nitrogen functional groups attached to an aromatic ring is 1. The van der Waals surface area contributed by atoms with Crippen LogP contribution in [0.1, 0.15) is 20.8 Å². The van der Waals surface area contributed by atoms with E-state index in [0.717, 1.165) is 0 Å². The number of hydrogen-bond donors (Lipinski definition) is 2. The van der Waals surface area contributed by atoms with Crippen LogP contribution in [0.5, 0.6) is 6.01 Å². The van der Waals surface area contributed by atoms with E-state index in [0.29, 0.717) is 19.1 Å². The lowest BCUT2D eigenvalue weighted by Gasteiger charge is -2.32. The Morgan fingerprint density at radius 2 is 1.94 bits per heavy atom. The SMILES string of the molecule is CCOc1nc(N)nc(NCC(C)(C)N(C)C)n1. The van der Waals surface area contributed by atoms with Crippen molar-refractivity contribution in [3.05, 3.63) is 0 Å². The maximum atomic E-state index is 5.60. The zero-order valence-corrected chi connectivity index (χ0v) is 11.7. The second-order valence-corrected chi connectivity index (χ2v) is 4.79. The van der Waals surface area contributed by atoms with E-state index in [9.17, 15) is 0 Å². The van der Waals surface area contributed by atoms with Crippen LogP contribution < -0.4 is 15.8 Å². The minimum Gasteiger partial charge on any atom is -0.464 e. The molecular formula is C11H22N6O. The second-order valence-electron chi connectivity index (χ2n) is 4.79. The van der Waals surface area contributed by atoms with Crippen molar-refractivity contribution in [1.82, 2.24) is 19.9 Å². The molecule has 0 radical (unpaired) electrons. The molecule has 1 heterocycles. The van der Waals surface area contributed by atoms with Crippen molar-refractivity contribution in [2.45, 2.75) is 26.3 Å². The first kappa shape index (κ1) is 14.4. The molecular weight excluding hydrogens is 232 g/mol. The van der Waals surface area contributed by atoms with Gasteiger partial charge in [-0.2, -0.15) is 15.0 Å². The third-order valence-electron chi connectivity index (χ3n) is 2.80. The van der Waals surface area contributed by atoms with E-state index < -0.39 is 0 Å². The fraction of sp³-hybridized carbons (Fsp3) is 0.727. The van der Waals surface area contributed by atoms with Crippen molar-refractivity contribution in [2.75, 3.05) is 38.3 Å². The number of nitrogens with two attached hydrogens (primary N) is 1. The molecule has 1 aromatic rings. The van der Waals surface area contributed by atoms with Crippen molar-refractivity contribution < 1.29 is 4.74 Å². The predicted octanol–water partition coefficient (Wildman–Crippen LogP) is 0.605. The van der Waals surface area contributed by atoms with Gasteiger partial charge >= 0.3 is 6.01 Å². The normalized spacial score (nSPS) is 11.7. The molecule has 0 spiro atoms. The Morgan fingerprint density at radius 1 is 1.28 bits per heavy atom. The van der Waals surface area contributed by atoms with E-state index in [1.54, 1.807) is 0 Å². The minimum absolute atomic E-state index is 0.0207. The molecule has 0 atom stereocenters. The highest BCUT2D eigenvalue weighted by atomic mass is 16.5. The molecule has 0 aliphatic rings. The Morgan fingerprint density at radius 3 is 2.50 bits per heavy atom. The first-order valence-corrected chi connectivity index (χ1v) is 5.91. The number of rotatable bonds is 6. The molecule has 1 aromatic heterocycles. The van der Waals surface area contributed by atoms with Crippen LogP contribution in [0, 0.1) is 0 Å². The Bertz CT molecular complexity index is 393. The molecule has 3 N–H and O–H groups in total. The summed E-state index contributed by atoms with van der Waals surface area (Å²) in [5, 5.41) is 3.14. The Balaban J connectivity index is 2.73. The van der Waals surface area contributed by atoms with Gasteiger partial charge in [0.1, 0.15) is 0 Å². The fourth-order valence-electron chi connectivity index (χ4n) is 1.10. The maximum absolute atomic E-state index is 5.60. The molecule has 0 saturated heterocycles. The predicted molar refractivity (Wildman–Crippen MR) is 71.7 cm³/mol. The number of nitrogens with one attached hydrogen (secondary N) is 1. The molecule has 0 aromatic carbocycles. The average molecular weight is 254 g/mol. The molecule has 18 heavy (non-hydrogen) atoms. The smallest absolute Gasteiger partial charge is 0.323 e. The molecule has 0 bridgehead atoms. The highest BCUT2D eigenvalue weighted by Gasteiger charge is 2.20. The average Bonchev–Trinajstić information content (AvgIpc) is 2.26. The third-order valence-corrected chi connectivity index (χ3v) is 2.80. The lowest BCUT2D eigenvalue weighted by Crippen LogP contribution is -2.44. The summed E-state index contributed by atoms with van der Waals surface area (Å²) in [5.74, 6) is 0.583. The Hall–Kier alpha value is -1.63. The molecule has 1 rings (SSSR count). The summed E-state index contributed by atoms with van der Waals surface area (Å²) in [7, 11) is 4.05. The van der Waals surface area contributed by atoms with Crippen molar-refractivity contribution in [3.8, 4) is 6.01 Å². The fourth-order valence-corrected chi connectivity index (χ4v) is 1.10. The van der Waals surface area contributed by atoms with Crippen molar-refractivity contribution in [3.63, 3.8) is 0 Å². The number of aromatic nitrogens is 3. The second kappa shape index (κ2) is 5.81. The molecule has 0 aliphatic carbocycles. The summed E-state index contributed by atoms with van der Waals surface area (Å²) < 4.78 is 5.21. The highest BCUT2D eigenvalue weighted by Crippen LogP contribution is 2.13. The molecule has 0 aliphatic heterocycles. The summed E-state index contributed by atoms with van der Waals surface area (Å²) in [6.45, 7) is 7.28. The number of anilines is 2. The first-order valence-electron chi connectivity index (χ1n) is 5.91. The zero-order valence-electron chi connectivity index (χ0n) is 11.7. The van der Waals surface area contributed by atoms with E-state index in [1.807, 2.05) is 21.0 Å². The van der Waals surface area contributed by atoms with Gasteiger partial charge in [-0.3, -0.25) is 0 Å². The quantitative estimate of drug-likeness (QED) is 0.768. The summed E-state index contributed by atoms with van der Waals surface area (Å²) in [5.41, 5.74) is 5.58. The van der Waals surface area contributed by atoms with Gasteiger partial charge in [0.25, 0.3) is 0 Å². The van der Waals surface area contributed by atoms with Crippen LogP contribution in [-0.4, -0.2) is 52.6 Å². The lowest BCUT2D eigenvalue weighted by molar-refractivity contribution is 0.209. The van der Waals surface area contributed by atoms with E-state index in [2.05, 4.69) is 39.0 Å². The van der Waals surface area contributed by atoms with Gasteiger partial charge in [0.2, 0.25) is 11.9 Å². The molecule has 0 saturated carbocycles. The molecule has 0 fully saturated rings. The van der Waals surface area contributed by atoms with E-state index in [-0.39, 0.29) is 17.5 Å². The van der Waals surface area contributed by atoms with Crippen molar-refractivity contribution in [1.29, 1.82) is 0 Å². The van der Waals surface area contributed by atoms with Gasteiger partial charge in [0, 0.05) is 12.1 Å². The summed E-state index contributed by atoms with van der Waals surface area (Å²) in [6.07, 6.45) is 0. The van der Waals surface area contributed by atoms with Crippen LogP contribution in [0.4, 0.5) is 11.9 Å². The molecule has 0 unspecified atom stereocenters. The molecule has 7 heteroatoms. The molecule has 102 valence electrons. The van der Waals surface area contributed by atoms with Gasteiger partial charge in [-0.1, -0.05) is 0 Å². The third kappa shape index (κ3) is 3.99. The van der Waals surface area contributed by atoms with Gasteiger partial charge in [0.15, 0.2) is 0 Å². The topological polar surface area (TPSA) is 89.2 Å². The Labute approximate surface area is 108 Å². The summed E-state index contributed by atoms with van der Waals surface area (Å²) in [4.78, 5) is 14.2. The van der Waals surface area contributed by atoms with Crippen LogP contribution in [0.15, 0.2) is 0 Å². The Kier molecular flexibility index (Phi) is 4.66. The van der Waals surface area contributed by atoms with Crippen LogP contribution >= 0.6 is 0 Å². The number of ether oxygens (including phenoxy) is 1. The van der Waals surface area contributed by atoms with E-state index in [4.69, 9.17) is 10.5 Å². The van der Waals surface area contributed by atoms with Gasteiger partial charge in [-0.15, -0.1) is 0 Å². The molecule has 0 amide bonds. The van der Waals surface area contributed by atoms with E-state index >= 15 is 0 Å². The van der Waals surface area contributed by atoms with Crippen LogP contribution in [-0.2, 0) is 0 Å². The molecule has 7 nitrogen and oxygen atoms in total. The van der Waals surface area contributed by atoms with Crippen LogP contribution in [0.2, 0.25) is 0 Å². The summed E-state index contributed by atoms with van der Waals surface area (Å²) >= 11 is 0. The first-order chi connectivity index (χ1) is 8.35. The van der Waals surface area contributed by atoms with Crippen molar-refractivity contribution >= 4 is 11.9 Å².